The summed E-state index contributed by atoms with van der Waals surface area (Å²) in [5.74, 6) is 0. The first-order valence-electron chi connectivity index (χ1n) is 4.46. The lowest BCUT2D eigenvalue weighted by Crippen LogP contribution is -2.17. The second-order valence-electron chi connectivity index (χ2n) is 2.98. The summed E-state index contributed by atoms with van der Waals surface area (Å²) in [7, 11) is -1.04. The zero-order valence-electron chi connectivity index (χ0n) is 8.04. The maximum atomic E-state index is 11.5. The molecule has 0 amide bonds. The van der Waals surface area contributed by atoms with Gasteiger partial charge in [-0.1, -0.05) is 24.6 Å². The van der Waals surface area contributed by atoms with E-state index in [1.807, 2.05) is 31.2 Å². The number of rotatable bonds is 4. The highest BCUT2D eigenvalue weighted by Crippen LogP contribution is 2.06. The molecule has 1 aromatic carbocycles. The third-order valence-corrected chi connectivity index (χ3v) is 2.88. The van der Waals surface area contributed by atoms with Gasteiger partial charge in [-0.05, 0) is 25.5 Å². The van der Waals surface area contributed by atoms with Crippen LogP contribution in [0.5, 0.6) is 0 Å². The van der Waals surface area contributed by atoms with Gasteiger partial charge < -0.3 is 0 Å². The Labute approximate surface area is 82.0 Å². The molecule has 0 radical (unpaired) electrons. The predicted octanol–water partition coefficient (Wildman–Crippen LogP) is 2.02. The lowest BCUT2D eigenvalue weighted by Gasteiger charge is -2.02. The van der Waals surface area contributed by atoms with Crippen LogP contribution in [0.4, 0.5) is 0 Å². The number of hydrogen-bond donors (Lipinski definition) is 1. The van der Waals surface area contributed by atoms with Crippen LogP contribution in [-0.4, -0.2) is 10.8 Å². The van der Waals surface area contributed by atoms with Gasteiger partial charge in [0, 0.05) is 6.54 Å². The Morgan fingerprint density at radius 3 is 2.46 bits per heavy atom. The molecule has 1 rings (SSSR count). The van der Waals surface area contributed by atoms with Crippen LogP contribution in [0.3, 0.4) is 0 Å². The van der Waals surface area contributed by atoms with Gasteiger partial charge >= 0.3 is 0 Å². The maximum Gasteiger partial charge on any atom is 0.124 e. The quantitative estimate of drug-likeness (QED) is 0.786. The normalized spacial score (nSPS) is 12.8. The molecule has 0 fully saturated rings. The molecular formula is C10H15NOS. The van der Waals surface area contributed by atoms with E-state index in [0.29, 0.717) is 0 Å². The molecule has 0 aromatic heterocycles. The second kappa shape index (κ2) is 5.14. The first kappa shape index (κ1) is 10.4. The molecule has 0 bridgehead atoms. The molecule has 1 atom stereocenters. The molecule has 0 spiro atoms. The highest BCUT2D eigenvalue weighted by Gasteiger charge is 2.00. The standard InChI is InChI=1S/C10H15NOS/c1-3-8-11-13(12)10-6-4-9(2)5-7-10/h4-7,11H,3,8H2,1-2H3. The van der Waals surface area contributed by atoms with Crippen molar-refractivity contribution in [3.63, 3.8) is 0 Å². The summed E-state index contributed by atoms with van der Waals surface area (Å²) in [5.41, 5.74) is 1.19. The Hall–Kier alpha value is -0.670. The van der Waals surface area contributed by atoms with Gasteiger partial charge in [-0.2, -0.15) is 0 Å². The van der Waals surface area contributed by atoms with E-state index in [1.54, 1.807) is 0 Å². The van der Waals surface area contributed by atoms with Crippen molar-refractivity contribution in [2.45, 2.75) is 25.2 Å². The van der Waals surface area contributed by atoms with Crippen LogP contribution in [0.2, 0.25) is 0 Å². The molecule has 0 heterocycles. The van der Waals surface area contributed by atoms with Crippen molar-refractivity contribution in [2.75, 3.05) is 6.54 Å². The lowest BCUT2D eigenvalue weighted by atomic mass is 10.2. The summed E-state index contributed by atoms with van der Waals surface area (Å²) < 4.78 is 14.5. The zero-order chi connectivity index (χ0) is 9.68. The van der Waals surface area contributed by atoms with E-state index in [9.17, 15) is 4.21 Å². The number of benzene rings is 1. The van der Waals surface area contributed by atoms with E-state index in [4.69, 9.17) is 0 Å². The molecule has 1 N–H and O–H groups in total. The second-order valence-corrected chi connectivity index (χ2v) is 4.27. The van der Waals surface area contributed by atoms with E-state index in [-0.39, 0.29) is 0 Å². The van der Waals surface area contributed by atoms with Gasteiger partial charge in [-0.3, -0.25) is 0 Å². The molecule has 2 nitrogen and oxygen atoms in total. The van der Waals surface area contributed by atoms with Gasteiger partial charge in [0.2, 0.25) is 0 Å². The summed E-state index contributed by atoms with van der Waals surface area (Å²) in [6.07, 6.45) is 0.998. The van der Waals surface area contributed by atoms with E-state index < -0.39 is 11.0 Å². The summed E-state index contributed by atoms with van der Waals surface area (Å²) in [5, 5.41) is 0. The van der Waals surface area contributed by atoms with Crippen molar-refractivity contribution < 1.29 is 4.21 Å². The highest BCUT2D eigenvalue weighted by atomic mass is 32.2. The Bertz CT molecular complexity index is 281. The summed E-state index contributed by atoms with van der Waals surface area (Å²) in [6, 6.07) is 7.74. The van der Waals surface area contributed by atoms with Gasteiger partial charge in [0.05, 0.1) is 4.90 Å². The average Bonchev–Trinajstić information content (AvgIpc) is 2.15. The van der Waals surface area contributed by atoms with Crippen LogP contribution < -0.4 is 4.72 Å². The van der Waals surface area contributed by atoms with E-state index in [2.05, 4.69) is 11.6 Å². The summed E-state index contributed by atoms with van der Waals surface area (Å²) in [4.78, 5) is 0.846. The van der Waals surface area contributed by atoms with Crippen molar-refractivity contribution in [3.05, 3.63) is 29.8 Å². The maximum absolute atomic E-state index is 11.5. The van der Waals surface area contributed by atoms with Gasteiger partial charge in [0.15, 0.2) is 0 Å². The highest BCUT2D eigenvalue weighted by molar-refractivity contribution is 7.83. The fraction of sp³-hybridized carbons (Fsp3) is 0.400. The molecule has 0 aliphatic heterocycles. The molecule has 3 heteroatoms. The minimum absolute atomic E-state index is 0.792. The van der Waals surface area contributed by atoms with Crippen molar-refractivity contribution in [3.8, 4) is 0 Å². The minimum Gasteiger partial charge on any atom is -0.238 e. The molecule has 0 aliphatic rings. The van der Waals surface area contributed by atoms with Gasteiger partial charge in [-0.15, -0.1) is 0 Å². The fourth-order valence-corrected chi connectivity index (χ4v) is 1.88. The Morgan fingerprint density at radius 1 is 1.31 bits per heavy atom. The van der Waals surface area contributed by atoms with Gasteiger partial charge in [-0.25, -0.2) is 8.93 Å². The van der Waals surface area contributed by atoms with Crippen LogP contribution in [-0.2, 0) is 11.0 Å². The van der Waals surface area contributed by atoms with Gasteiger partial charge in [0.1, 0.15) is 11.0 Å². The zero-order valence-corrected chi connectivity index (χ0v) is 8.86. The van der Waals surface area contributed by atoms with Crippen LogP contribution in [0.1, 0.15) is 18.9 Å². The monoisotopic (exact) mass is 197 g/mol. The van der Waals surface area contributed by atoms with Crippen molar-refractivity contribution in [1.82, 2.24) is 4.72 Å². The van der Waals surface area contributed by atoms with E-state index >= 15 is 0 Å². The molecule has 1 aromatic rings. The molecule has 0 aliphatic carbocycles. The minimum atomic E-state index is -1.04. The third kappa shape index (κ3) is 3.28. The smallest absolute Gasteiger partial charge is 0.124 e. The Kier molecular flexibility index (Phi) is 4.12. The fourth-order valence-electron chi connectivity index (χ4n) is 0.940. The largest absolute Gasteiger partial charge is 0.238 e. The third-order valence-electron chi connectivity index (χ3n) is 1.72. The van der Waals surface area contributed by atoms with Crippen molar-refractivity contribution in [1.29, 1.82) is 0 Å². The van der Waals surface area contributed by atoms with E-state index in [1.165, 1.54) is 5.56 Å². The molecule has 13 heavy (non-hydrogen) atoms. The number of aryl methyl sites for hydroxylation is 1. The molecule has 72 valence electrons. The van der Waals surface area contributed by atoms with Crippen LogP contribution in [0.15, 0.2) is 29.2 Å². The van der Waals surface area contributed by atoms with Crippen molar-refractivity contribution >= 4 is 11.0 Å². The SMILES string of the molecule is CCCNS(=O)c1ccc(C)cc1. The van der Waals surface area contributed by atoms with E-state index in [0.717, 1.165) is 17.9 Å². The molecule has 0 saturated carbocycles. The topological polar surface area (TPSA) is 29.1 Å². The Morgan fingerprint density at radius 2 is 1.92 bits per heavy atom. The summed E-state index contributed by atoms with van der Waals surface area (Å²) in [6.45, 7) is 4.87. The molecule has 0 saturated heterocycles. The van der Waals surface area contributed by atoms with Crippen molar-refractivity contribution in [2.24, 2.45) is 0 Å². The number of hydrogen-bond acceptors (Lipinski definition) is 1. The van der Waals surface area contributed by atoms with Crippen LogP contribution in [0, 0.1) is 6.92 Å². The average molecular weight is 197 g/mol. The summed E-state index contributed by atoms with van der Waals surface area (Å²) >= 11 is 0. The number of nitrogens with one attached hydrogen (secondary N) is 1. The van der Waals surface area contributed by atoms with Gasteiger partial charge in [0.25, 0.3) is 0 Å². The van der Waals surface area contributed by atoms with Crippen LogP contribution in [0.25, 0.3) is 0 Å². The Balaban J connectivity index is 2.61. The molecular weight excluding hydrogens is 182 g/mol. The first-order valence-corrected chi connectivity index (χ1v) is 5.61. The lowest BCUT2D eigenvalue weighted by molar-refractivity contribution is 0.670. The predicted molar refractivity (Wildman–Crippen MR) is 55.9 cm³/mol. The molecule has 1 unspecified atom stereocenters. The first-order chi connectivity index (χ1) is 6.24. The van der Waals surface area contributed by atoms with Crippen LogP contribution >= 0.6 is 0 Å².